The summed E-state index contributed by atoms with van der Waals surface area (Å²) in [7, 11) is -2.51. The number of fused-ring (bicyclic) bond motifs is 1. The van der Waals surface area contributed by atoms with E-state index in [9.17, 15) is 19.6 Å². The lowest BCUT2D eigenvalue weighted by atomic mass is 9.92. The lowest BCUT2D eigenvalue weighted by Gasteiger charge is -2.27. The summed E-state index contributed by atoms with van der Waals surface area (Å²) in [6.07, 6.45) is -0.0575. The van der Waals surface area contributed by atoms with Gasteiger partial charge in [0.1, 0.15) is 42.9 Å². The summed E-state index contributed by atoms with van der Waals surface area (Å²) in [5, 5.41) is 21.6. The normalized spacial score (nSPS) is 26.2. The van der Waals surface area contributed by atoms with Gasteiger partial charge in [-0.1, -0.05) is 44.1 Å². The fraction of sp³-hybridized carbons (Fsp3) is 0.684. The smallest absolute Gasteiger partial charge is 0.387 e. The van der Waals surface area contributed by atoms with Gasteiger partial charge in [-0.25, -0.2) is 15.0 Å². The highest BCUT2D eigenvalue weighted by Crippen LogP contribution is 2.41. The number of hydrogen-bond donors (Lipinski definition) is 2. The van der Waals surface area contributed by atoms with Crippen molar-refractivity contribution in [2.45, 2.75) is 58.2 Å². The zero-order valence-electron chi connectivity index (χ0n) is 18.7. The van der Waals surface area contributed by atoms with Crippen molar-refractivity contribution < 1.29 is 33.4 Å². The van der Waals surface area contributed by atoms with Crippen molar-refractivity contribution in [1.82, 2.24) is 19.5 Å². The Morgan fingerprint density at radius 2 is 2.12 bits per heavy atom. The SMILES string of the molecule is CCC(C)(C)C(=O)SCCO[P+](=O)OC[C@H]1O[C@@H](n2cnc3c(Cl)ncnc32)C(C)(O)[C@H]1O. The minimum Gasteiger partial charge on any atom is -0.387 e. The summed E-state index contributed by atoms with van der Waals surface area (Å²) >= 11 is 7.14. The molecule has 1 aliphatic heterocycles. The molecule has 2 aromatic heterocycles. The topological polar surface area (TPSA) is 146 Å². The van der Waals surface area contributed by atoms with Crippen LogP contribution in [0.3, 0.4) is 0 Å². The van der Waals surface area contributed by atoms with Gasteiger partial charge in [0.05, 0.1) is 6.33 Å². The van der Waals surface area contributed by atoms with E-state index in [1.807, 2.05) is 20.8 Å². The van der Waals surface area contributed by atoms with Crippen LogP contribution in [0.4, 0.5) is 0 Å². The van der Waals surface area contributed by atoms with E-state index in [-0.39, 0.29) is 23.5 Å². The third kappa shape index (κ3) is 5.71. The number of aromatic nitrogens is 4. The molecule has 5 atom stereocenters. The standard InChI is InChI=1S/C19H27ClN4O7PS/c1-5-18(2,3)17(26)33-7-6-29-32(28)30-8-11-13(25)19(4,27)16(31-11)24-10-23-12-14(20)21-9-22-15(12)24/h9-11,13,16,25,27H,5-8H2,1-4H3/q+1/t11-,13+,16-,19?/m1/s1. The molecule has 0 amide bonds. The van der Waals surface area contributed by atoms with Crippen molar-refractivity contribution in [2.75, 3.05) is 19.0 Å². The van der Waals surface area contributed by atoms with Crippen LogP contribution in [0.15, 0.2) is 12.7 Å². The molecular formula is C19H27ClN4O7PS+. The third-order valence-corrected chi connectivity index (χ3v) is 7.83. The Morgan fingerprint density at radius 3 is 2.82 bits per heavy atom. The van der Waals surface area contributed by atoms with Crippen molar-refractivity contribution in [1.29, 1.82) is 0 Å². The average molecular weight is 522 g/mol. The average Bonchev–Trinajstić information content (AvgIpc) is 3.29. The summed E-state index contributed by atoms with van der Waals surface area (Å²) in [4.78, 5) is 24.2. The number of rotatable bonds is 10. The highest BCUT2D eigenvalue weighted by Gasteiger charge is 2.54. The molecule has 33 heavy (non-hydrogen) atoms. The first-order valence-electron chi connectivity index (χ1n) is 10.3. The molecule has 1 saturated heterocycles. The molecule has 3 heterocycles. The predicted molar refractivity (Wildman–Crippen MR) is 122 cm³/mol. The Balaban J connectivity index is 1.53. The first kappa shape index (κ1) is 26.4. The zero-order chi connectivity index (χ0) is 24.4. The molecule has 0 saturated carbocycles. The number of aliphatic hydroxyl groups excluding tert-OH is 1. The van der Waals surface area contributed by atoms with Crippen molar-refractivity contribution in [3.05, 3.63) is 17.8 Å². The monoisotopic (exact) mass is 521 g/mol. The van der Waals surface area contributed by atoms with Crippen molar-refractivity contribution in [3.63, 3.8) is 0 Å². The van der Waals surface area contributed by atoms with Gasteiger partial charge in [0, 0.05) is 15.7 Å². The van der Waals surface area contributed by atoms with E-state index in [1.165, 1.54) is 24.1 Å². The minimum atomic E-state index is -2.51. The molecule has 1 aliphatic rings. The Kier molecular flexibility index (Phi) is 8.45. The summed E-state index contributed by atoms with van der Waals surface area (Å²) < 4.78 is 29.6. The number of carbonyl (C=O) groups is 1. The third-order valence-electron chi connectivity index (χ3n) is 5.62. The molecule has 3 rings (SSSR count). The van der Waals surface area contributed by atoms with E-state index in [0.29, 0.717) is 16.9 Å². The highest BCUT2D eigenvalue weighted by atomic mass is 35.5. The number of thioether (sulfide) groups is 1. The number of imidazole rings is 1. The highest BCUT2D eigenvalue weighted by molar-refractivity contribution is 8.13. The molecule has 2 unspecified atom stereocenters. The van der Waals surface area contributed by atoms with Crippen LogP contribution in [0, 0.1) is 5.41 Å². The quantitative estimate of drug-likeness (QED) is 0.270. The largest absolute Gasteiger partial charge is 0.697 e. The molecule has 0 radical (unpaired) electrons. The molecular weight excluding hydrogens is 495 g/mol. The van der Waals surface area contributed by atoms with Gasteiger partial charge in [0.25, 0.3) is 0 Å². The first-order valence-corrected chi connectivity index (χ1v) is 12.7. The van der Waals surface area contributed by atoms with E-state index in [0.717, 1.165) is 18.2 Å². The van der Waals surface area contributed by atoms with Crippen LogP contribution in [0.1, 0.15) is 40.3 Å². The number of aliphatic hydroxyl groups is 2. The van der Waals surface area contributed by atoms with Gasteiger partial charge in [0.15, 0.2) is 22.1 Å². The van der Waals surface area contributed by atoms with Gasteiger partial charge < -0.3 is 14.9 Å². The lowest BCUT2D eigenvalue weighted by molar-refractivity contribution is -0.118. The van der Waals surface area contributed by atoms with Gasteiger partial charge >= 0.3 is 8.25 Å². The van der Waals surface area contributed by atoms with Gasteiger partial charge in [0.2, 0.25) is 0 Å². The second-order valence-electron chi connectivity index (χ2n) is 8.41. The summed E-state index contributed by atoms with van der Waals surface area (Å²) in [5.41, 5.74) is -1.51. The maximum absolute atomic E-state index is 12.1. The van der Waals surface area contributed by atoms with Crippen molar-refractivity contribution in [2.24, 2.45) is 5.41 Å². The molecule has 1 fully saturated rings. The first-order chi connectivity index (χ1) is 15.5. The summed E-state index contributed by atoms with van der Waals surface area (Å²) in [5.74, 6) is 0.337. The van der Waals surface area contributed by atoms with E-state index >= 15 is 0 Å². The molecule has 11 nitrogen and oxygen atoms in total. The second-order valence-corrected chi connectivity index (χ2v) is 10.8. The van der Waals surface area contributed by atoms with Gasteiger partial charge in [-0.3, -0.25) is 9.36 Å². The Labute approximate surface area is 201 Å². The summed E-state index contributed by atoms with van der Waals surface area (Å²) in [6, 6.07) is 0. The van der Waals surface area contributed by atoms with Gasteiger partial charge in [-0.2, -0.15) is 0 Å². The van der Waals surface area contributed by atoms with Gasteiger partial charge in [-0.05, 0) is 13.3 Å². The van der Waals surface area contributed by atoms with Crippen LogP contribution in [0.2, 0.25) is 5.15 Å². The number of hydrogen-bond acceptors (Lipinski definition) is 11. The fourth-order valence-electron chi connectivity index (χ4n) is 3.13. The van der Waals surface area contributed by atoms with E-state index in [4.69, 9.17) is 25.4 Å². The van der Waals surface area contributed by atoms with Crippen LogP contribution in [-0.2, 0) is 23.1 Å². The van der Waals surface area contributed by atoms with E-state index in [2.05, 4.69) is 15.0 Å². The van der Waals surface area contributed by atoms with Crippen molar-refractivity contribution in [3.8, 4) is 0 Å². The Bertz CT molecular complexity index is 1020. The second kappa shape index (κ2) is 10.6. The van der Waals surface area contributed by atoms with Crippen LogP contribution in [0.5, 0.6) is 0 Å². The van der Waals surface area contributed by atoms with Crippen LogP contribution in [0.25, 0.3) is 11.2 Å². The number of nitrogens with zero attached hydrogens (tertiary/aromatic N) is 4. The molecule has 0 aliphatic carbocycles. The molecule has 0 aromatic carbocycles. The van der Waals surface area contributed by atoms with Crippen LogP contribution in [-0.4, -0.2) is 71.6 Å². The van der Waals surface area contributed by atoms with Crippen LogP contribution < -0.4 is 0 Å². The molecule has 182 valence electrons. The summed E-state index contributed by atoms with van der Waals surface area (Å²) in [6.45, 7) is 6.85. The van der Waals surface area contributed by atoms with Crippen LogP contribution >= 0.6 is 31.6 Å². The van der Waals surface area contributed by atoms with Crippen molar-refractivity contribution >= 4 is 47.9 Å². The maximum Gasteiger partial charge on any atom is 0.697 e. The number of ether oxygens (including phenoxy) is 1. The predicted octanol–water partition coefficient (Wildman–Crippen LogP) is 2.88. The maximum atomic E-state index is 12.1. The molecule has 14 heteroatoms. The molecule has 0 bridgehead atoms. The Morgan fingerprint density at radius 1 is 1.39 bits per heavy atom. The molecule has 2 aromatic rings. The van der Waals surface area contributed by atoms with Gasteiger partial charge in [-0.15, -0.1) is 9.05 Å². The number of halogens is 1. The number of carbonyl (C=O) groups excluding carboxylic acids is 1. The minimum absolute atomic E-state index is 0.0408. The zero-order valence-corrected chi connectivity index (χ0v) is 21.1. The fourth-order valence-corrected chi connectivity index (χ4v) is 4.90. The Hall–Kier alpha value is -1.24. The van der Waals surface area contributed by atoms with E-state index < -0.39 is 37.7 Å². The molecule has 0 spiro atoms. The molecule has 2 N–H and O–H groups in total. The lowest BCUT2D eigenvalue weighted by Crippen LogP contribution is -2.44. The van der Waals surface area contributed by atoms with E-state index in [1.54, 1.807) is 0 Å².